The fourth-order valence-electron chi connectivity index (χ4n) is 3.23. The Kier molecular flexibility index (Phi) is 5.37. The van der Waals surface area contributed by atoms with Crippen molar-refractivity contribution in [1.82, 2.24) is 9.97 Å². The number of aromatic nitrogens is 2. The van der Waals surface area contributed by atoms with E-state index in [0.29, 0.717) is 28.1 Å². The standard InChI is InChI=1S/C19H21N3OS/c1-2-15-17(16(12-20)13-8-4-3-5-9-13)21-19(22-18(15)23)24-14-10-6-7-11-14/h3-5,8-9,14,16H,2,6-7,10-11H2,1H3,(H,21,22,23). The molecule has 1 aliphatic rings. The number of hydrogen-bond acceptors (Lipinski definition) is 4. The SMILES string of the molecule is CCc1c(C(C#N)c2ccccc2)nc(SC2CCCC2)[nH]c1=O. The van der Waals surface area contributed by atoms with Crippen molar-refractivity contribution in [3.05, 3.63) is 57.5 Å². The van der Waals surface area contributed by atoms with Crippen molar-refractivity contribution in [3.63, 3.8) is 0 Å². The molecule has 0 spiro atoms. The molecule has 1 N–H and O–H groups in total. The molecule has 4 nitrogen and oxygen atoms in total. The number of H-pyrrole nitrogens is 1. The Bertz CT molecular complexity index is 788. The van der Waals surface area contributed by atoms with Crippen LogP contribution in [0.15, 0.2) is 40.3 Å². The van der Waals surface area contributed by atoms with E-state index >= 15 is 0 Å². The van der Waals surface area contributed by atoms with E-state index in [9.17, 15) is 10.1 Å². The lowest BCUT2D eigenvalue weighted by atomic mass is 9.93. The zero-order chi connectivity index (χ0) is 16.9. The van der Waals surface area contributed by atoms with Gasteiger partial charge in [0, 0.05) is 10.8 Å². The molecule has 1 heterocycles. The Morgan fingerprint density at radius 2 is 2.04 bits per heavy atom. The number of hydrogen-bond donors (Lipinski definition) is 1. The minimum atomic E-state index is -0.508. The maximum absolute atomic E-state index is 12.5. The summed E-state index contributed by atoms with van der Waals surface area (Å²) < 4.78 is 0. The summed E-state index contributed by atoms with van der Waals surface area (Å²) in [6, 6.07) is 11.9. The van der Waals surface area contributed by atoms with Crippen molar-refractivity contribution in [3.8, 4) is 6.07 Å². The molecule has 0 aliphatic heterocycles. The fourth-order valence-corrected chi connectivity index (χ4v) is 4.42. The van der Waals surface area contributed by atoms with Crippen LogP contribution in [0.3, 0.4) is 0 Å². The zero-order valence-electron chi connectivity index (χ0n) is 13.8. The molecule has 1 unspecified atom stereocenters. The summed E-state index contributed by atoms with van der Waals surface area (Å²) in [7, 11) is 0. The van der Waals surface area contributed by atoms with Gasteiger partial charge in [-0.1, -0.05) is 61.9 Å². The van der Waals surface area contributed by atoms with E-state index < -0.39 is 5.92 Å². The molecule has 0 radical (unpaired) electrons. The summed E-state index contributed by atoms with van der Waals surface area (Å²) in [5.74, 6) is -0.508. The lowest BCUT2D eigenvalue weighted by Gasteiger charge is -2.15. The van der Waals surface area contributed by atoms with E-state index in [1.54, 1.807) is 11.8 Å². The number of aromatic amines is 1. The average Bonchev–Trinajstić information content (AvgIpc) is 3.09. The number of benzene rings is 1. The number of nitrogens with zero attached hydrogens (tertiary/aromatic N) is 2. The van der Waals surface area contributed by atoms with Gasteiger partial charge in [0.15, 0.2) is 5.16 Å². The van der Waals surface area contributed by atoms with Crippen molar-refractivity contribution >= 4 is 11.8 Å². The largest absolute Gasteiger partial charge is 0.301 e. The maximum atomic E-state index is 12.5. The van der Waals surface area contributed by atoms with Crippen LogP contribution in [-0.2, 0) is 6.42 Å². The van der Waals surface area contributed by atoms with E-state index in [1.807, 2.05) is 37.3 Å². The van der Waals surface area contributed by atoms with Crippen molar-refractivity contribution in [2.45, 2.75) is 55.4 Å². The quantitative estimate of drug-likeness (QED) is 0.835. The van der Waals surface area contributed by atoms with Crippen LogP contribution in [0.4, 0.5) is 0 Å². The molecule has 3 rings (SSSR count). The summed E-state index contributed by atoms with van der Waals surface area (Å²) in [5.41, 5.74) is 1.99. The van der Waals surface area contributed by atoms with Gasteiger partial charge in [0.05, 0.1) is 11.8 Å². The normalized spacial score (nSPS) is 16.0. The molecular weight excluding hydrogens is 318 g/mol. The topological polar surface area (TPSA) is 69.5 Å². The highest BCUT2D eigenvalue weighted by Gasteiger charge is 2.23. The first-order chi connectivity index (χ1) is 11.7. The third-order valence-electron chi connectivity index (χ3n) is 4.50. The fraction of sp³-hybridized carbons (Fsp3) is 0.421. The lowest BCUT2D eigenvalue weighted by molar-refractivity contribution is 0.798. The molecule has 2 aromatic rings. The molecule has 1 aromatic carbocycles. The summed E-state index contributed by atoms with van der Waals surface area (Å²) in [6.07, 6.45) is 5.38. The van der Waals surface area contributed by atoms with Crippen LogP contribution in [0, 0.1) is 11.3 Å². The van der Waals surface area contributed by atoms with Crippen molar-refractivity contribution in [2.24, 2.45) is 0 Å². The molecule has 1 fully saturated rings. The third kappa shape index (κ3) is 3.54. The van der Waals surface area contributed by atoms with Gasteiger partial charge in [-0.25, -0.2) is 4.98 Å². The Morgan fingerprint density at radius 3 is 2.67 bits per heavy atom. The molecule has 24 heavy (non-hydrogen) atoms. The maximum Gasteiger partial charge on any atom is 0.255 e. The Hall–Kier alpha value is -2.06. The first kappa shape index (κ1) is 16.8. The van der Waals surface area contributed by atoms with Gasteiger partial charge >= 0.3 is 0 Å². The molecule has 1 saturated carbocycles. The average molecular weight is 339 g/mol. The molecule has 5 heteroatoms. The van der Waals surface area contributed by atoms with Crippen LogP contribution < -0.4 is 5.56 Å². The van der Waals surface area contributed by atoms with Gasteiger partial charge in [0.25, 0.3) is 5.56 Å². The molecule has 0 saturated heterocycles. The Morgan fingerprint density at radius 1 is 1.33 bits per heavy atom. The highest BCUT2D eigenvalue weighted by Crippen LogP contribution is 2.33. The van der Waals surface area contributed by atoms with Gasteiger partial charge in [-0.2, -0.15) is 5.26 Å². The van der Waals surface area contributed by atoms with Gasteiger partial charge < -0.3 is 4.98 Å². The second kappa shape index (κ2) is 7.67. The van der Waals surface area contributed by atoms with Crippen molar-refractivity contribution in [1.29, 1.82) is 5.26 Å². The molecule has 1 aliphatic carbocycles. The lowest BCUT2D eigenvalue weighted by Crippen LogP contribution is -2.21. The van der Waals surface area contributed by atoms with Crippen LogP contribution in [-0.4, -0.2) is 15.2 Å². The van der Waals surface area contributed by atoms with E-state index in [2.05, 4.69) is 11.1 Å². The minimum Gasteiger partial charge on any atom is -0.301 e. The Balaban J connectivity index is 2.02. The Labute approximate surface area is 146 Å². The van der Waals surface area contributed by atoms with Gasteiger partial charge in [-0.05, 0) is 24.8 Å². The van der Waals surface area contributed by atoms with E-state index in [4.69, 9.17) is 4.98 Å². The second-order valence-corrected chi connectivity index (χ2v) is 7.37. The summed E-state index contributed by atoms with van der Waals surface area (Å²) in [6.45, 7) is 1.93. The summed E-state index contributed by atoms with van der Waals surface area (Å²) in [4.78, 5) is 20.1. The highest BCUT2D eigenvalue weighted by atomic mass is 32.2. The minimum absolute atomic E-state index is 0.112. The van der Waals surface area contributed by atoms with E-state index in [1.165, 1.54) is 25.7 Å². The van der Waals surface area contributed by atoms with Crippen LogP contribution in [0.2, 0.25) is 0 Å². The first-order valence-electron chi connectivity index (χ1n) is 8.47. The summed E-state index contributed by atoms with van der Waals surface area (Å²) >= 11 is 1.65. The molecule has 124 valence electrons. The highest BCUT2D eigenvalue weighted by molar-refractivity contribution is 7.99. The number of rotatable bonds is 5. The number of nitrogens with one attached hydrogen (secondary N) is 1. The third-order valence-corrected chi connectivity index (χ3v) is 5.72. The predicted molar refractivity (Wildman–Crippen MR) is 96.2 cm³/mol. The first-order valence-corrected chi connectivity index (χ1v) is 9.35. The van der Waals surface area contributed by atoms with Gasteiger partial charge in [-0.15, -0.1) is 0 Å². The van der Waals surface area contributed by atoms with Gasteiger partial charge in [-0.3, -0.25) is 4.79 Å². The van der Waals surface area contributed by atoms with Crippen molar-refractivity contribution in [2.75, 3.05) is 0 Å². The molecule has 0 bridgehead atoms. The van der Waals surface area contributed by atoms with Gasteiger partial charge in [0.1, 0.15) is 5.92 Å². The van der Waals surface area contributed by atoms with Crippen LogP contribution >= 0.6 is 11.8 Å². The molecule has 1 atom stereocenters. The van der Waals surface area contributed by atoms with Crippen LogP contribution in [0.25, 0.3) is 0 Å². The van der Waals surface area contributed by atoms with E-state index in [0.717, 1.165) is 5.56 Å². The predicted octanol–water partition coefficient (Wildman–Crippen LogP) is 4.02. The smallest absolute Gasteiger partial charge is 0.255 e. The second-order valence-electron chi connectivity index (χ2n) is 6.09. The number of thioether (sulfide) groups is 1. The monoisotopic (exact) mass is 339 g/mol. The molecule has 1 aromatic heterocycles. The van der Waals surface area contributed by atoms with Crippen LogP contribution in [0.5, 0.6) is 0 Å². The van der Waals surface area contributed by atoms with Crippen molar-refractivity contribution < 1.29 is 0 Å². The van der Waals surface area contributed by atoms with Gasteiger partial charge in [0.2, 0.25) is 0 Å². The van der Waals surface area contributed by atoms with E-state index in [-0.39, 0.29) is 5.56 Å². The molecular formula is C19H21N3OS. The van der Waals surface area contributed by atoms with Crippen LogP contribution in [0.1, 0.15) is 55.3 Å². The summed E-state index contributed by atoms with van der Waals surface area (Å²) in [5, 5.41) is 10.9. The molecule has 0 amide bonds. The zero-order valence-corrected chi connectivity index (χ0v) is 14.6. The number of nitriles is 1.